The van der Waals surface area contributed by atoms with Crippen molar-refractivity contribution in [3.63, 3.8) is 0 Å². The first-order valence-corrected chi connectivity index (χ1v) is 5.33. The molecule has 3 heterocycles. The highest BCUT2D eigenvalue weighted by atomic mass is 16.6. The van der Waals surface area contributed by atoms with Gasteiger partial charge in [0.1, 0.15) is 0 Å². The van der Waals surface area contributed by atoms with Gasteiger partial charge in [-0.15, -0.1) is 0 Å². The number of fused-ring (bicyclic) bond motifs is 1. The van der Waals surface area contributed by atoms with Crippen molar-refractivity contribution in [1.29, 1.82) is 0 Å². The lowest BCUT2D eigenvalue weighted by Gasteiger charge is -2.13. The molecule has 2 N–H and O–H groups in total. The number of hydrogen-bond acceptors (Lipinski definition) is 4. The molecule has 0 radical (unpaired) electrons. The van der Waals surface area contributed by atoms with Crippen LogP contribution in [-0.4, -0.2) is 35.0 Å². The van der Waals surface area contributed by atoms with E-state index in [-0.39, 0.29) is 6.10 Å². The third-order valence-corrected chi connectivity index (χ3v) is 3.22. The SMILES string of the molecule is Nc1nccn1CC1C[C@H]2COC[C@H]2O1. The van der Waals surface area contributed by atoms with Gasteiger partial charge in [0, 0.05) is 18.3 Å². The van der Waals surface area contributed by atoms with Crippen LogP contribution in [0.2, 0.25) is 0 Å². The number of nitrogen functional groups attached to an aromatic ring is 1. The maximum Gasteiger partial charge on any atom is 0.200 e. The van der Waals surface area contributed by atoms with Crippen LogP contribution in [0.4, 0.5) is 5.95 Å². The normalized spacial score (nSPS) is 34.5. The summed E-state index contributed by atoms with van der Waals surface area (Å²) in [5.74, 6) is 1.15. The molecule has 1 unspecified atom stereocenters. The first-order chi connectivity index (χ1) is 7.33. The minimum atomic E-state index is 0.264. The van der Waals surface area contributed by atoms with Gasteiger partial charge in [0.2, 0.25) is 0 Å². The fourth-order valence-corrected chi connectivity index (χ4v) is 2.42. The summed E-state index contributed by atoms with van der Waals surface area (Å²) < 4.78 is 13.2. The molecule has 15 heavy (non-hydrogen) atoms. The van der Waals surface area contributed by atoms with Gasteiger partial charge in [-0.2, -0.15) is 0 Å². The maximum atomic E-state index is 5.88. The van der Waals surface area contributed by atoms with Crippen molar-refractivity contribution in [2.45, 2.75) is 25.2 Å². The predicted octanol–water partition coefficient (Wildman–Crippen LogP) is 0.269. The summed E-state index contributed by atoms with van der Waals surface area (Å²) in [6.45, 7) is 2.40. The molecule has 0 spiro atoms. The molecule has 2 fully saturated rings. The highest BCUT2D eigenvalue weighted by molar-refractivity contribution is 5.16. The standard InChI is InChI=1S/C10H15N3O2/c11-10-12-1-2-13(10)4-8-3-7-5-14-6-9(7)15-8/h1-2,7-9H,3-6H2,(H2,11,12)/t7-,8?,9+/m0/s1. The Hall–Kier alpha value is -1.07. The minimum absolute atomic E-state index is 0.264. The van der Waals surface area contributed by atoms with E-state index in [0.29, 0.717) is 18.0 Å². The highest BCUT2D eigenvalue weighted by Gasteiger charge is 2.39. The fraction of sp³-hybridized carbons (Fsp3) is 0.700. The van der Waals surface area contributed by atoms with Gasteiger partial charge < -0.3 is 19.8 Å². The van der Waals surface area contributed by atoms with Gasteiger partial charge >= 0.3 is 0 Å². The molecule has 1 aromatic heterocycles. The van der Waals surface area contributed by atoms with Crippen LogP contribution in [0.5, 0.6) is 0 Å². The molecule has 3 rings (SSSR count). The molecule has 0 amide bonds. The maximum absolute atomic E-state index is 5.88. The van der Waals surface area contributed by atoms with Crippen LogP contribution in [0.25, 0.3) is 0 Å². The molecular formula is C10H15N3O2. The summed E-state index contributed by atoms with van der Waals surface area (Å²) in [7, 11) is 0. The number of anilines is 1. The zero-order chi connectivity index (χ0) is 10.3. The van der Waals surface area contributed by atoms with E-state index < -0.39 is 0 Å². The van der Waals surface area contributed by atoms with Crippen LogP contribution < -0.4 is 5.73 Å². The Bertz CT molecular complexity index is 340. The molecule has 0 aliphatic carbocycles. The van der Waals surface area contributed by atoms with Crippen LogP contribution in [0.15, 0.2) is 12.4 Å². The molecule has 0 aromatic carbocycles. The summed E-state index contributed by atoms with van der Waals surface area (Å²) in [4.78, 5) is 3.99. The molecule has 1 aromatic rings. The lowest BCUT2D eigenvalue weighted by molar-refractivity contribution is 0.0127. The molecule has 0 saturated carbocycles. The number of rotatable bonds is 2. The van der Waals surface area contributed by atoms with Crippen molar-refractivity contribution in [2.75, 3.05) is 18.9 Å². The van der Waals surface area contributed by atoms with E-state index in [1.165, 1.54) is 0 Å². The summed E-state index contributed by atoms with van der Waals surface area (Å²) in [5.41, 5.74) is 5.71. The molecule has 2 saturated heterocycles. The second-order valence-corrected chi connectivity index (χ2v) is 4.27. The molecule has 0 bridgehead atoms. The number of hydrogen-bond donors (Lipinski definition) is 1. The molecule has 2 aliphatic heterocycles. The number of nitrogens with two attached hydrogens (primary N) is 1. The van der Waals surface area contributed by atoms with Crippen LogP contribution in [0.3, 0.4) is 0 Å². The highest BCUT2D eigenvalue weighted by Crippen LogP contribution is 2.32. The van der Waals surface area contributed by atoms with Crippen molar-refractivity contribution in [2.24, 2.45) is 5.92 Å². The average molecular weight is 209 g/mol. The Labute approximate surface area is 88.2 Å². The van der Waals surface area contributed by atoms with Crippen molar-refractivity contribution in [1.82, 2.24) is 9.55 Å². The predicted molar refractivity (Wildman–Crippen MR) is 54.2 cm³/mol. The summed E-state index contributed by atoms with van der Waals surface area (Å²) in [5, 5.41) is 0. The Morgan fingerprint density at radius 1 is 1.53 bits per heavy atom. The Morgan fingerprint density at radius 3 is 3.20 bits per heavy atom. The van der Waals surface area contributed by atoms with E-state index in [1.54, 1.807) is 6.20 Å². The molecule has 5 heteroatoms. The first kappa shape index (κ1) is 9.18. The summed E-state index contributed by atoms with van der Waals surface area (Å²) in [6.07, 6.45) is 5.25. The molecule has 2 aliphatic rings. The Morgan fingerprint density at radius 2 is 2.47 bits per heavy atom. The van der Waals surface area contributed by atoms with E-state index in [2.05, 4.69) is 4.98 Å². The second kappa shape index (κ2) is 3.50. The van der Waals surface area contributed by atoms with Crippen LogP contribution in [-0.2, 0) is 16.0 Å². The summed E-state index contributed by atoms with van der Waals surface area (Å²) >= 11 is 0. The van der Waals surface area contributed by atoms with E-state index in [9.17, 15) is 0 Å². The Balaban J connectivity index is 1.64. The second-order valence-electron chi connectivity index (χ2n) is 4.27. The van der Waals surface area contributed by atoms with Crippen molar-refractivity contribution in [3.05, 3.63) is 12.4 Å². The van der Waals surface area contributed by atoms with Crippen molar-refractivity contribution < 1.29 is 9.47 Å². The van der Waals surface area contributed by atoms with Crippen molar-refractivity contribution in [3.8, 4) is 0 Å². The van der Waals surface area contributed by atoms with Gasteiger partial charge in [-0.05, 0) is 6.42 Å². The first-order valence-electron chi connectivity index (χ1n) is 5.33. The molecular weight excluding hydrogens is 194 g/mol. The number of aromatic nitrogens is 2. The minimum Gasteiger partial charge on any atom is -0.378 e. The molecule has 5 nitrogen and oxygen atoms in total. The molecule has 3 atom stereocenters. The van der Waals surface area contributed by atoms with Gasteiger partial charge in [0.25, 0.3) is 0 Å². The quantitative estimate of drug-likeness (QED) is 0.759. The Kier molecular flexibility index (Phi) is 2.14. The van der Waals surface area contributed by atoms with Crippen LogP contribution >= 0.6 is 0 Å². The van der Waals surface area contributed by atoms with E-state index in [0.717, 1.165) is 26.2 Å². The number of imidazole rings is 1. The lowest BCUT2D eigenvalue weighted by atomic mass is 10.0. The van der Waals surface area contributed by atoms with E-state index >= 15 is 0 Å². The van der Waals surface area contributed by atoms with Crippen LogP contribution in [0.1, 0.15) is 6.42 Å². The van der Waals surface area contributed by atoms with Gasteiger partial charge in [-0.25, -0.2) is 4.98 Å². The van der Waals surface area contributed by atoms with Gasteiger partial charge in [0.15, 0.2) is 5.95 Å². The van der Waals surface area contributed by atoms with Crippen LogP contribution in [0, 0.1) is 5.92 Å². The smallest absolute Gasteiger partial charge is 0.200 e. The third kappa shape index (κ3) is 1.61. The summed E-state index contributed by atoms with van der Waals surface area (Å²) in [6, 6.07) is 0. The zero-order valence-electron chi connectivity index (χ0n) is 8.50. The third-order valence-electron chi connectivity index (χ3n) is 3.22. The van der Waals surface area contributed by atoms with Crippen molar-refractivity contribution >= 4 is 5.95 Å². The monoisotopic (exact) mass is 209 g/mol. The van der Waals surface area contributed by atoms with E-state index in [4.69, 9.17) is 15.2 Å². The average Bonchev–Trinajstić information content (AvgIpc) is 2.83. The van der Waals surface area contributed by atoms with E-state index in [1.807, 2.05) is 10.8 Å². The zero-order valence-corrected chi connectivity index (χ0v) is 8.50. The largest absolute Gasteiger partial charge is 0.378 e. The number of ether oxygens (including phenoxy) is 2. The van der Waals surface area contributed by atoms with Gasteiger partial charge in [0.05, 0.1) is 32.0 Å². The lowest BCUT2D eigenvalue weighted by Crippen LogP contribution is -2.19. The van der Waals surface area contributed by atoms with Gasteiger partial charge in [-0.1, -0.05) is 0 Å². The fourth-order valence-electron chi connectivity index (χ4n) is 2.42. The molecule has 82 valence electrons. The van der Waals surface area contributed by atoms with Gasteiger partial charge in [-0.3, -0.25) is 0 Å². The topological polar surface area (TPSA) is 62.3 Å². The number of nitrogens with zero attached hydrogens (tertiary/aromatic N) is 2.